The number of aliphatic hydroxyl groups is 1. The van der Waals surface area contributed by atoms with Crippen molar-refractivity contribution < 1.29 is 18.3 Å². The highest BCUT2D eigenvalue weighted by atomic mass is 19.4. The number of alkyl halides is 3. The maximum absolute atomic E-state index is 12.7. The highest BCUT2D eigenvalue weighted by molar-refractivity contribution is 5.17. The minimum absolute atomic E-state index is 0.0715. The molecule has 0 amide bonds. The van der Waals surface area contributed by atoms with Gasteiger partial charge in [0.1, 0.15) is 11.5 Å². The first-order chi connectivity index (χ1) is 11.4. The molecule has 130 valence electrons. The van der Waals surface area contributed by atoms with Gasteiger partial charge in [0.05, 0.1) is 12.3 Å². The van der Waals surface area contributed by atoms with Crippen molar-refractivity contribution in [2.75, 3.05) is 19.6 Å². The van der Waals surface area contributed by atoms with E-state index < -0.39 is 18.0 Å². The van der Waals surface area contributed by atoms with Crippen LogP contribution in [0.1, 0.15) is 41.9 Å². The Hall–Kier alpha value is -1.86. The lowest BCUT2D eigenvalue weighted by Gasteiger charge is -2.33. The van der Waals surface area contributed by atoms with E-state index in [0.717, 1.165) is 31.1 Å². The van der Waals surface area contributed by atoms with E-state index in [1.807, 2.05) is 30.3 Å². The Morgan fingerprint density at radius 1 is 1.29 bits per heavy atom. The summed E-state index contributed by atoms with van der Waals surface area (Å²) < 4.78 is 38.1. The monoisotopic (exact) mass is 339 g/mol. The molecule has 0 saturated carbocycles. The van der Waals surface area contributed by atoms with Gasteiger partial charge in [-0.15, -0.1) is 0 Å². The zero-order chi connectivity index (χ0) is 17.2. The Morgan fingerprint density at radius 2 is 2.04 bits per heavy atom. The van der Waals surface area contributed by atoms with Crippen LogP contribution in [-0.4, -0.2) is 39.6 Å². The molecule has 1 aromatic carbocycles. The molecule has 1 aliphatic heterocycles. The molecular weight excluding hydrogens is 319 g/mol. The smallest absolute Gasteiger partial charge is 0.387 e. The van der Waals surface area contributed by atoms with Gasteiger partial charge in [-0.05, 0) is 24.9 Å². The molecule has 2 aromatic rings. The number of aromatic nitrogens is 2. The van der Waals surface area contributed by atoms with Gasteiger partial charge < -0.3 is 10.1 Å². The van der Waals surface area contributed by atoms with E-state index in [1.54, 1.807) is 0 Å². The summed E-state index contributed by atoms with van der Waals surface area (Å²) in [6, 6.07) is 9.38. The molecule has 0 radical (unpaired) electrons. The second-order valence-electron chi connectivity index (χ2n) is 6.21. The maximum Gasteiger partial charge on any atom is 0.432 e. The zero-order valence-corrected chi connectivity index (χ0v) is 13.1. The highest BCUT2D eigenvalue weighted by Gasteiger charge is 2.34. The van der Waals surface area contributed by atoms with Crippen molar-refractivity contribution in [2.45, 2.75) is 31.0 Å². The number of imidazole rings is 1. The summed E-state index contributed by atoms with van der Waals surface area (Å²) >= 11 is 0. The molecule has 7 heteroatoms. The Labute approximate surface area is 138 Å². The number of hydrogen-bond donors (Lipinski definition) is 2. The highest BCUT2D eigenvalue weighted by Crippen LogP contribution is 2.31. The first kappa shape index (κ1) is 17.0. The second kappa shape index (κ2) is 6.94. The SMILES string of the molecule is O[C@H](CN1CCC[C@@H](c2ncc(C(F)(F)F)[nH]2)C1)c1ccccc1. The fraction of sp³-hybridized carbons (Fsp3) is 0.471. The Bertz CT molecular complexity index is 657. The van der Waals surface area contributed by atoms with E-state index in [1.165, 1.54) is 0 Å². The van der Waals surface area contributed by atoms with Crippen LogP contribution in [0.25, 0.3) is 0 Å². The zero-order valence-electron chi connectivity index (χ0n) is 13.1. The van der Waals surface area contributed by atoms with E-state index in [9.17, 15) is 18.3 Å². The minimum Gasteiger partial charge on any atom is -0.387 e. The Morgan fingerprint density at radius 3 is 2.71 bits per heavy atom. The number of benzene rings is 1. The van der Waals surface area contributed by atoms with E-state index in [4.69, 9.17) is 0 Å². The molecule has 1 aliphatic rings. The van der Waals surface area contributed by atoms with Crippen LogP contribution in [0.2, 0.25) is 0 Å². The van der Waals surface area contributed by atoms with Crippen LogP contribution in [0.3, 0.4) is 0 Å². The van der Waals surface area contributed by atoms with Crippen molar-refractivity contribution >= 4 is 0 Å². The fourth-order valence-corrected chi connectivity index (χ4v) is 3.16. The summed E-state index contributed by atoms with van der Waals surface area (Å²) in [6.45, 7) is 1.88. The number of nitrogens with one attached hydrogen (secondary N) is 1. The Kier molecular flexibility index (Phi) is 4.91. The molecule has 2 heterocycles. The number of likely N-dealkylation sites (tertiary alicyclic amines) is 1. The summed E-state index contributed by atoms with van der Waals surface area (Å²) in [5.41, 5.74) is 0.0379. The normalized spacial score (nSPS) is 20.9. The van der Waals surface area contributed by atoms with Gasteiger partial charge in [0.15, 0.2) is 0 Å². The van der Waals surface area contributed by atoms with Crippen molar-refractivity contribution in [1.82, 2.24) is 14.9 Å². The summed E-state index contributed by atoms with van der Waals surface area (Å²) in [6.07, 6.45) is -2.49. The molecule has 0 aliphatic carbocycles. The first-order valence-corrected chi connectivity index (χ1v) is 8.01. The van der Waals surface area contributed by atoms with Gasteiger partial charge in [0.2, 0.25) is 0 Å². The third-order valence-electron chi connectivity index (χ3n) is 4.41. The maximum atomic E-state index is 12.7. The number of β-amino-alcohol motifs (C(OH)–C–C–N with tert-alkyl or cyclic N) is 1. The van der Waals surface area contributed by atoms with E-state index >= 15 is 0 Å². The van der Waals surface area contributed by atoms with Crippen LogP contribution < -0.4 is 0 Å². The third-order valence-corrected chi connectivity index (χ3v) is 4.41. The number of piperidine rings is 1. The number of H-pyrrole nitrogens is 1. The third kappa shape index (κ3) is 3.96. The summed E-state index contributed by atoms with van der Waals surface area (Å²) in [4.78, 5) is 8.40. The topological polar surface area (TPSA) is 52.1 Å². The van der Waals surface area contributed by atoms with Gasteiger partial charge in [-0.2, -0.15) is 13.2 Å². The number of rotatable bonds is 4. The molecule has 0 spiro atoms. The summed E-state index contributed by atoms with van der Waals surface area (Å²) in [5.74, 6) is 0.305. The molecule has 2 atom stereocenters. The molecule has 1 aromatic heterocycles. The predicted octanol–water partition coefficient (Wildman–Crippen LogP) is 3.34. The lowest BCUT2D eigenvalue weighted by Crippen LogP contribution is -2.37. The largest absolute Gasteiger partial charge is 0.432 e. The molecule has 1 saturated heterocycles. The number of hydrogen-bond acceptors (Lipinski definition) is 3. The van der Waals surface area contributed by atoms with Crippen molar-refractivity contribution in [3.05, 3.63) is 53.6 Å². The van der Waals surface area contributed by atoms with Crippen LogP contribution in [0.15, 0.2) is 36.5 Å². The molecule has 0 unspecified atom stereocenters. The van der Waals surface area contributed by atoms with Crippen LogP contribution in [-0.2, 0) is 6.18 Å². The first-order valence-electron chi connectivity index (χ1n) is 8.01. The van der Waals surface area contributed by atoms with Gasteiger partial charge >= 0.3 is 6.18 Å². The van der Waals surface area contributed by atoms with Gasteiger partial charge in [-0.1, -0.05) is 30.3 Å². The van der Waals surface area contributed by atoms with Crippen LogP contribution in [0.5, 0.6) is 0 Å². The van der Waals surface area contributed by atoms with Gasteiger partial charge in [-0.3, -0.25) is 4.90 Å². The number of aromatic amines is 1. The molecular formula is C17H20F3N3O. The van der Waals surface area contributed by atoms with E-state index in [-0.39, 0.29) is 5.92 Å². The van der Waals surface area contributed by atoms with Gasteiger partial charge in [-0.25, -0.2) is 4.98 Å². The second-order valence-corrected chi connectivity index (χ2v) is 6.21. The number of nitrogens with zero attached hydrogens (tertiary/aromatic N) is 2. The fourth-order valence-electron chi connectivity index (χ4n) is 3.16. The van der Waals surface area contributed by atoms with Crippen LogP contribution in [0.4, 0.5) is 13.2 Å². The lowest BCUT2D eigenvalue weighted by atomic mass is 9.96. The standard InChI is InChI=1S/C17H20F3N3O/c18-17(19,20)15-9-21-16(22-15)13-7-4-8-23(10-13)11-14(24)12-5-2-1-3-6-12/h1-3,5-6,9,13-14,24H,4,7-8,10-11H2,(H,21,22)/t13-,14-/m1/s1. The molecule has 0 bridgehead atoms. The van der Waals surface area contributed by atoms with Crippen molar-refractivity contribution in [3.8, 4) is 0 Å². The lowest BCUT2D eigenvalue weighted by molar-refractivity contribution is -0.141. The molecule has 1 fully saturated rings. The van der Waals surface area contributed by atoms with Crippen LogP contribution >= 0.6 is 0 Å². The van der Waals surface area contributed by atoms with Crippen molar-refractivity contribution in [1.29, 1.82) is 0 Å². The van der Waals surface area contributed by atoms with Gasteiger partial charge in [0, 0.05) is 19.0 Å². The number of aliphatic hydroxyl groups excluding tert-OH is 1. The summed E-state index contributed by atoms with van der Waals surface area (Å²) in [5, 5.41) is 10.3. The predicted molar refractivity (Wildman–Crippen MR) is 83.4 cm³/mol. The van der Waals surface area contributed by atoms with E-state index in [0.29, 0.717) is 18.9 Å². The average molecular weight is 339 g/mol. The molecule has 3 rings (SSSR count). The van der Waals surface area contributed by atoms with Crippen molar-refractivity contribution in [2.24, 2.45) is 0 Å². The summed E-state index contributed by atoms with van der Waals surface area (Å²) in [7, 11) is 0. The average Bonchev–Trinajstić information content (AvgIpc) is 3.06. The molecule has 24 heavy (non-hydrogen) atoms. The quantitative estimate of drug-likeness (QED) is 0.898. The molecule has 4 nitrogen and oxygen atoms in total. The van der Waals surface area contributed by atoms with E-state index in [2.05, 4.69) is 14.9 Å². The minimum atomic E-state index is -4.40. The number of halogens is 3. The Balaban J connectivity index is 1.63. The van der Waals surface area contributed by atoms with Crippen molar-refractivity contribution in [3.63, 3.8) is 0 Å². The molecule has 2 N–H and O–H groups in total. The van der Waals surface area contributed by atoms with Gasteiger partial charge in [0.25, 0.3) is 0 Å². The van der Waals surface area contributed by atoms with Crippen LogP contribution in [0, 0.1) is 0 Å².